The Morgan fingerprint density at radius 3 is 2.20 bits per heavy atom. The van der Waals surface area contributed by atoms with Gasteiger partial charge in [-0.05, 0) is 71.3 Å². The zero-order chi connectivity index (χ0) is 28.8. The van der Waals surface area contributed by atoms with Crippen LogP contribution in [-0.2, 0) is 22.8 Å². The van der Waals surface area contributed by atoms with Gasteiger partial charge in [0.25, 0.3) is 11.8 Å². The molecule has 9 heteroatoms. The minimum absolute atomic E-state index is 0.171. The fraction of sp³-hybridized carbons (Fsp3) is 0.0938. The van der Waals surface area contributed by atoms with Gasteiger partial charge in [0.2, 0.25) is 0 Å². The molecule has 4 aromatic carbocycles. The second-order valence-electron chi connectivity index (χ2n) is 9.05. The topological polar surface area (TPSA) is 94.2 Å². The first-order chi connectivity index (χ1) is 19.9. The zero-order valence-electron chi connectivity index (χ0n) is 22.0. The van der Waals surface area contributed by atoms with Gasteiger partial charge in [-0.25, -0.2) is 9.69 Å². The van der Waals surface area contributed by atoms with Crippen LogP contribution in [0.5, 0.6) is 17.2 Å². The molecule has 0 radical (unpaired) electrons. The Hall–Kier alpha value is -5.08. The van der Waals surface area contributed by atoms with Crippen molar-refractivity contribution in [1.29, 1.82) is 0 Å². The van der Waals surface area contributed by atoms with E-state index >= 15 is 0 Å². The van der Waals surface area contributed by atoms with Gasteiger partial charge in [0.05, 0.1) is 12.8 Å². The average Bonchev–Trinajstić information content (AvgIpc) is 2.99. The fourth-order valence-electron chi connectivity index (χ4n) is 4.13. The Labute approximate surface area is 241 Å². The number of hydrogen-bond donors (Lipinski definition) is 1. The van der Waals surface area contributed by atoms with Crippen LogP contribution in [0.2, 0.25) is 5.02 Å². The Kier molecular flexibility index (Phi) is 8.31. The van der Waals surface area contributed by atoms with E-state index in [2.05, 4.69) is 5.32 Å². The fourth-order valence-corrected chi connectivity index (χ4v) is 4.26. The summed E-state index contributed by atoms with van der Waals surface area (Å²) in [6.45, 7) is 0.715. The summed E-state index contributed by atoms with van der Waals surface area (Å²) in [5.41, 5.74) is 2.66. The predicted octanol–water partition coefficient (Wildman–Crippen LogP) is 6.17. The van der Waals surface area contributed by atoms with Gasteiger partial charge < -0.3 is 14.2 Å². The summed E-state index contributed by atoms with van der Waals surface area (Å²) in [4.78, 5) is 38.8. The van der Waals surface area contributed by atoms with Crippen molar-refractivity contribution in [2.24, 2.45) is 0 Å². The molecule has 0 unspecified atom stereocenters. The van der Waals surface area contributed by atoms with Crippen molar-refractivity contribution in [3.05, 3.63) is 124 Å². The number of benzene rings is 4. The quantitative estimate of drug-likeness (QED) is 0.192. The molecule has 0 spiro atoms. The molecule has 0 atom stereocenters. The van der Waals surface area contributed by atoms with Crippen molar-refractivity contribution in [1.82, 2.24) is 5.32 Å². The number of nitrogens with one attached hydrogen (secondary N) is 1. The maximum Gasteiger partial charge on any atom is 0.335 e. The van der Waals surface area contributed by atoms with Crippen molar-refractivity contribution >= 4 is 41.2 Å². The van der Waals surface area contributed by atoms with Crippen LogP contribution in [0.25, 0.3) is 6.08 Å². The lowest BCUT2D eigenvalue weighted by Crippen LogP contribution is -2.54. The van der Waals surface area contributed by atoms with E-state index < -0.39 is 17.8 Å². The molecule has 1 fully saturated rings. The minimum atomic E-state index is -0.823. The number of anilines is 1. The van der Waals surface area contributed by atoms with Gasteiger partial charge in [-0.3, -0.25) is 14.9 Å². The smallest absolute Gasteiger partial charge is 0.335 e. The predicted molar refractivity (Wildman–Crippen MR) is 155 cm³/mol. The molecule has 1 aliphatic heterocycles. The Morgan fingerprint density at radius 2 is 1.49 bits per heavy atom. The van der Waals surface area contributed by atoms with Crippen LogP contribution in [0.4, 0.5) is 10.5 Å². The molecule has 1 aliphatic rings. The third-order valence-electron chi connectivity index (χ3n) is 6.25. The highest BCUT2D eigenvalue weighted by molar-refractivity contribution is 6.39. The van der Waals surface area contributed by atoms with E-state index in [1.54, 1.807) is 43.5 Å². The van der Waals surface area contributed by atoms with Crippen LogP contribution in [0.15, 0.2) is 103 Å². The van der Waals surface area contributed by atoms with Crippen LogP contribution in [0.3, 0.4) is 0 Å². The van der Waals surface area contributed by atoms with E-state index in [9.17, 15) is 14.4 Å². The van der Waals surface area contributed by atoms with Gasteiger partial charge in [0, 0.05) is 5.02 Å². The molecule has 0 bridgehead atoms. The van der Waals surface area contributed by atoms with E-state index in [1.807, 2.05) is 48.5 Å². The third kappa shape index (κ3) is 6.57. The van der Waals surface area contributed by atoms with Gasteiger partial charge in [-0.1, -0.05) is 60.1 Å². The van der Waals surface area contributed by atoms with Gasteiger partial charge in [-0.15, -0.1) is 0 Å². The lowest BCUT2D eigenvalue weighted by atomic mass is 10.1. The maximum absolute atomic E-state index is 13.1. The summed E-state index contributed by atoms with van der Waals surface area (Å²) >= 11 is 5.91. The molecule has 1 heterocycles. The van der Waals surface area contributed by atoms with E-state index in [-0.39, 0.29) is 12.2 Å². The second-order valence-corrected chi connectivity index (χ2v) is 9.49. The summed E-state index contributed by atoms with van der Waals surface area (Å²) < 4.78 is 17.3. The van der Waals surface area contributed by atoms with Crippen LogP contribution in [0.1, 0.15) is 16.7 Å². The number of urea groups is 1. The number of rotatable bonds is 9. The molecule has 5 rings (SSSR count). The van der Waals surface area contributed by atoms with Gasteiger partial charge in [0.15, 0.2) is 11.5 Å². The molecule has 4 aromatic rings. The van der Waals surface area contributed by atoms with Crippen molar-refractivity contribution in [2.75, 3.05) is 12.0 Å². The number of methoxy groups -OCH3 is 1. The molecule has 0 aromatic heterocycles. The van der Waals surface area contributed by atoms with Crippen molar-refractivity contribution in [2.45, 2.75) is 13.2 Å². The van der Waals surface area contributed by atoms with Crippen LogP contribution < -0.4 is 24.4 Å². The summed E-state index contributed by atoms with van der Waals surface area (Å²) in [6.07, 6.45) is 1.43. The molecule has 0 aliphatic carbocycles. The van der Waals surface area contributed by atoms with E-state index in [0.717, 1.165) is 16.0 Å². The number of ether oxygens (including phenoxy) is 3. The molecular formula is C32H25ClN2O6. The summed E-state index contributed by atoms with van der Waals surface area (Å²) in [7, 11) is 1.59. The van der Waals surface area contributed by atoms with Crippen LogP contribution >= 0.6 is 11.6 Å². The molecule has 1 N–H and O–H groups in total. The SMILES string of the molecule is COc1cc(COc2ccc(/C=C3/C(=O)NC(=O)N(c4ccc(Cl)cc4)C3=O)cc2)ccc1OCc1ccccc1. The van der Waals surface area contributed by atoms with Crippen molar-refractivity contribution in [3.63, 3.8) is 0 Å². The molecule has 0 saturated carbocycles. The number of imide groups is 2. The zero-order valence-corrected chi connectivity index (χ0v) is 22.8. The number of hydrogen-bond acceptors (Lipinski definition) is 6. The largest absolute Gasteiger partial charge is 0.493 e. The summed E-state index contributed by atoms with van der Waals surface area (Å²) in [5.74, 6) is 0.329. The lowest BCUT2D eigenvalue weighted by molar-refractivity contribution is -0.122. The lowest BCUT2D eigenvalue weighted by Gasteiger charge is -2.26. The first-order valence-electron chi connectivity index (χ1n) is 12.6. The van der Waals surface area contributed by atoms with Gasteiger partial charge in [-0.2, -0.15) is 0 Å². The van der Waals surface area contributed by atoms with E-state index in [1.165, 1.54) is 18.2 Å². The summed E-state index contributed by atoms with van der Waals surface area (Å²) in [5, 5.41) is 2.66. The van der Waals surface area contributed by atoms with E-state index in [4.69, 9.17) is 25.8 Å². The van der Waals surface area contributed by atoms with Gasteiger partial charge in [0.1, 0.15) is 24.5 Å². The Morgan fingerprint density at radius 1 is 0.780 bits per heavy atom. The molecular weight excluding hydrogens is 544 g/mol. The average molecular weight is 569 g/mol. The number of halogens is 1. The third-order valence-corrected chi connectivity index (χ3v) is 6.50. The van der Waals surface area contributed by atoms with Crippen LogP contribution in [0, 0.1) is 0 Å². The van der Waals surface area contributed by atoms with Crippen molar-refractivity contribution in [3.8, 4) is 17.2 Å². The monoisotopic (exact) mass is 568 g/mol. The number of nitrogens with zero attached hydrogens (tertiary/aromatic N) is 1. The highest BCUT2D eigenvalue weighted by Gasteiger charge is 2.36. The Balaban J connectivity index is 1.23. The van der Waals surface area contributed by atoms with E-state index in [0.29, 0.717) is 40.1 Å². The molecule has 8 nitrogen and oxygen atoms in total. The number of carbonyl (C=O) groups is 3. The highest BCUT2D eigenvalue weighted by atomic mass is 35.5. The second kappa shape index (κ2) is 12.4. The molecule has 1 saturated heterocycles. The molecule has 206 valence electrons. The Bertz CT molecular complexity index is 1600. The highest BCUT2D eigenvalue weighted by Crippen LogP contribution is 2.30. The maximum atomic E-state index is 13.1. The molecule has 4 amide bonds. The number of barbiturate groups is 1. The first kappa shape index (κ1) is 27.5. The molecule has 41 heavy (non-hydrogen) atoms. The number of amides is 4. The minimum Gasteiger partial charge on any atom is -0.493 e. The normalized spacial score (nSPS) is 14.1. The standard InChI is InChI=1S/C32H25ClN2O6/c1-39-29-18-23(9-16-28(29)41-19-22-5-3-2-4-6-22)20-40-26-14-7-21(8-15-26)17-27-30(36)34-32(38)35(31(27)37)25-12-10-24(33)11-13-25/h2-18H,19-20H2,1H3,(H,34,36,38)/b27-17-. The summed E-state index contributed by atoms with van der Waals surface area (Å²) in [6, 6.07) is 27.7. The van der Waals surface area contributed by atoms with Gasteiger partial charge >= 0.3 is 6.03 Å². The van der Waals surface area contributed by atoms with Crippen LogP contribution in [-0.4, -0.2) is 25.0 Å². The number of carbonyl (C=O) groups excluding carboxylic acids is 3. The first-order valence-corrected chi connectivity index (χ1v) is 13.0. The van der Waals surface area contributed by atoms with Crippen molar-refractivity contribution < 1.29 is 28.6 Å².